The van der Waals surface area contributed by atoms with Gasteiger partial charge >= 0.3 is 0 Å². The molecule has 0 saturated heterocycles. The summed E-state index contributed by atoms with van der Waals surface area (Å²) in [5.41, 5.74) is 1.67. The maximum Gasteiger partial charge on any atom is 0.265 e. The Morgan fingerprint density at radius 3 is 2.38 bits per heavy atom. The minimum atomic E-state index is -3.61. The van der Waals surface area contributed by atoms with Gasteiger partial charge in [0.2, 0.25) is 10.0 Å². The fraction of sp³-hybridized carbons (Fsp3) is 0.333. The van der Waals surface area contributed by atoms with E-state index >= 15 is 0 Å². The van der Waals surface area contributed by atoms with Gasteiger partial charge in [-0.3, -0.25) is 9.59 Å². The van der Waals surface area contributed by atoms with Gasteiger partial charge < -0.3 is 19.7 Å². The minimum absolute atomic E-state index is 0.0234. The SMILES string of the molecule is O=C(NCCc1ccccc1)[C@H]1CN(C(=O)COc2ccc(S(=O)(=O)NC3CCCC3)cc2)c2ccccc2O1. The van der Waals surface area contributed by atoms with Gasteiger partial charge in [0.1, 0.15) is 11.5 Å². The molecule has 1 aliphatic carbocycles. The quantitative estimate of drug-likeness (QED) is 0.391. The zero-order valence-corrected chi connectivity index (χ0v) is 22.9. The van der Waals surface area contributed by atoms with Crippen molar-refractivity contribution in [2.45, 2.75) is 49.1 Å². The summed E-state index contributed by atoms with van der Waals surface area (Å²) in [5, 5.41) is 2.90. The maximum atomic E-state index is 13.2. The van der Waals surface area contributed by atoms with Crippen molar-refractivity contribution in [2.75, 3.05) is 24.6 Å². The standard InChI is InChI=1S/C30H33N3O6S/c34-29(21-38-24-14-16-25(17-15-24)40(36,37)32-23-10-4-5-11-23)33-20-28(39-27-13-7-6-12-26(27)33)30(35)31-19-18-22-8-2-1-3-9-22/h1-3,6-9,12-17,23,28,32H,4-5,10-11,18-21H2,(H,31,35)/t28-/m1/s1. The molecule has 2 amide bonds. The van der Waals surface area contributed by atoms with Crippen LogP contribution in [-0.2, 0) is 26.0 Å². The van der Waals surface area contributed by atoms with Gasteiger partial charge in [0, 0.05) is 12.6 Å². The molecule has 0 aromatic heterocycles. The molecule has 3 aromatic carbocycles. The Morgan fingerprint density at radius 2 is 1.62 bits per heavy atom. The largest absolute Gasteiger partial charge is 0.484 e. The molecule has 0 unspecified atom stereocenters. The Morgan fingerprint density at radius 1 is 0.925 bits per heavy atom. The van der Waals surface area contributed by atoms with E-state index in [0.29, 0.717) is 30.2 Å². The molecule has 2 N–H and O–H groups in total. The summed E-state index contributed by atoms with van der Waals surface area (Å²) in [6.07, 6.45) is 3.57. The van der Waals surface area contributed by atoms with Gasteiger partial charge in [0.05, 0.1) is 17.1 Å². The van der Waals surface area contributed by atoms with E-state index < -0.39 is 16.1 Å². The van der Waals surface area contributed by atoms with Crippen LogP contribution in [-0.4, -0.2) is 52.1 Å². The Balaban J connectivity index is 1.18. The third kappa shape index (κ3) is 6.81. The number of rotatable bonds is 10. The molecular formula is C30H33N3O6S. The predicted octanol–water partition coefficient (Wildman–Crippen LogP) is 3.44. The second-order valence-electron chi connectivity index (χ2n) is 9.97. The average molecular weight is 564 g/mol. The van der Waals surface area contributed by atoms with E-state index in [-0.39, 0.29) is 35.9 Å². The van der Waals surface area contributed by atoms with Crippen molar-refractivity contribution >= 4 is 27.5 Å². The molecule has 9 nitrogen and oxygen atoms in total. The maximum absolute atomic E-state index is 13.2. The zero-order chi connectivity index (χ0) is 28.0. The van der Waals surface area contributed by atoms with Crippen LogP contribution in [0, 0.1) is 0 Å². The van der Waals surface area contributed by atoms with Crippen LogP contribution < -0.4 is 24.4 Å². The van der Waals surface area contributed by atoms with E-state index in [1.54, 1.807) is 24.3 Å². The van der Waals surface area contributed by atoms with Gasteiger partial charge in [0.25, 0.3) is 11.8 Å². The van der Waals surface area contributed by atoms with Crippen LogP contribution in [0.15, 0.2) is 83.8 Å². The van der Waals surface area contributed by atoms with Crippen LogP contribution in [0.25, 0.3) is 0 Å². The summed E-state index contributed by atoms with van der Waals surface area (Å²) < 4.78 is 39.7. The summed E-state index contributed by atoms with van der Waals surface area (Å²) >= 11 is 0. The Hall–Kier alpha value is -3.89. The summed E-state index contributed by atoms with van der Waals surface area (Å²) in [5.74, 6) is 0.157. The molecule has 3 aromatic rings. The lowest BCUT2D eigenvalue weighted by Gasteiger charge is -2.34. The number of nitrogens with zero attached hydrogens (tertiary/aromatic N) is 1. The smallest absolute Gasteiger partial charge is 0.265 e. The highest BCUT2D eigenvalue weighted by atomic mass is 32.2. The van der Waals surface area contributed by atoms with Gasteiger partial charge in [0.15, 0.2) is 12.7 Å². The van der Waals surface area contributed by atoms with Gasteiger partial charge in [-0.1, -0.05) is 55.3 Å². The van der Waals surface area contributed by atoms with E-state index in [1.165, 1.54) is 29.2 Å². The lowest BCUT2D eigenvalue weighted by molar-refractivity contribution is -0.128. The van der Waals surface area contributed by atoms with E-state index in [2.05, 4.69) is 10.0 Å². The Kier molecular flexibility index (Phi) is 8.66. The van der Waals surface area contributed by atoms with Crippen molar-refractivity contribution in [3.63, 3.8) is 0 Å². The number of carbonyl (C=O) groups excluding carboxylic acids is 2. The first kappa shape index (κ1) is 27.7. The number of para-hydroxylation sites is 2. The van der Waals surface area contributed by atoms with Crippen molar-refractivity contribution in [3.05, 3.63) is 84.4 Å². The Labute approximate surface area is 234 Å². The molecular weight excluding hydrogens is 530 g/mol. The van der Waals surface area contributed by atoms with Crippen molar-refractivity contribution in [2.24, 2.45) is 0 Å². The number of fused-ring (bicyclic) bond motifs is 1. The molecule has 0 spiro atoms. The Bertz CT molecular complexity index is 1420. The van der Waals surface area contributed by atoms with Crippen LogP contribution >= 0.6 is 0 Å². The first-order valence-electron chi connectivity index (χ1n) is 13.5. The predicted molar refractivity (Wildman–Crippen MR) is 151 cm³/mol. The van der Waals surface area contributed by atoms with E-state index in [9.17, 15) is 18.0 Å². The molecule has 40 heavy (non-hydrogen) atoms. The van der Waals surface area contributed by atoms with E-state index in [4.69, 9.17) is 9.47 Å². The van der Waals surface area contributed by atoms with Crippen molar-refractivity contribution in [1.82, 2.24) is 10.0 Å². The number of anilines is 1. The molecule has 210 valence electrons. The zero-order valence-electron chi connectivity index (χ0n) is 22.1. The second kappa shape index (κ2) is 12.5. The number of hydrogen-bond donors (Lipinski definition) is 2. The van der Waals surface area contributed by atoms with Crippen LogP contribution in [0.4, 0.5) is 5.69 Å². The first-order valence-corrected chi connectivity index (χ1v) is 15.0. The molecule has 0 bridgehead atoms. The molecule has 1 atom stereocenters. The van der Waals surface area contributed by atoms with E-state index in [0.717, 1.165) is 31.2 Å². The summed E-state index contributed by atoms with van der Waals surface area (Å²) in [6.45, 7) is 0.201. The number of carbonyl (C=O) groups is 2. The molecule has 5 rings (SSSR count). The highest BCUT2D eigenvalue weighted by molar-refractivity contribution is 7.89. The topological polar surface area (TPSA) is 114 Å². The van der Waals surface area contributed by atoms with Crippen molar-refractivity contribution in [3.8, 4) is 11.5 Å². The lowest BCUT2D eigenvalue weighted by atomic mass is 10.1. The molecule has 1 heterocycles. The van der Waals surface area contributed by atoms with Crippen LogP contribution in [0.2, 0.25) is 0 Å². The number of amides is 2. The van der Waals surface area contributed by atoms with Gasteiger partial charge in [-0.2, -0.15) is 0 Å². The lowest BCUT2D eigenvalue weighted by Crippen LogP contribution is -2.52. The average Bonchev–Trinajstić information content (AvgIpc) is 3.48. The third-order valence-electron chi connectivity index (χ3n) is 7.10. The fourth-order valence-electron chi connectivity index (χ4n) is 4.96. The fourth-order valence-corrected chi connectivity index (χ4v) is 6.27. The highest BCUT2D eigenvalue weighted by Gasteiger charge is 2.34. The second-order valence-corrected chi connectivity index (χ2v) is 11.7. The number of benzene rings is 3. The highest BCUT2D eigenvalue weighted by Crippen LogP contribution is 2.33. The molecule has 1 fully saturated rings. The number of sulfonamides is 1. The molecule has 10 heteroatoms. The summed E-state index contributed by atoms with van der Waals surface area (Å²) in [7, 11) is -3.61. The van der Waals surface area contributed by atoms with Gasteiger partial charge in [-0.15, -0.1) is 0 Å². The van der Waals surface area contributed by atoms with E-state index in [1.807, 2.05) is 30.3 Å². The van der Waals surface area contributed by atoms with Crippen molar-refractivity contribution in [1.29, 1.82) is 0 Å². The summed E-state index contributed by atoms with van der Waals surface area (Å²) in [6, 6.07) is 22.9. The number of nitrogens with one attached hydrogen (secondary N) is 2. The number of hydrogen-bond acceptors (Lipinski definition) is 6. The van der Waals surface area contributed by atoms with Crippen LogP contribution in [0.5, 0.6) is 11.5 Å². The first-order chi connectivity index (χ1) is 19.4. The molecule has 1 saturated carbocycles. The van der Waals surface area contributed by atoms with Crippen molar-refractivity contribution < 1.29 is 27.5 Å². The van der Waals surface area contributed by atoms with Crippen LogP contribution in [0.3, 0.4) is 0 Å². The number of ether oxygens (including phenoxy) is 2. The van der Waals surface area contributed by atoms with Gasteiger partial charge in [-0.25, -0.2) is 13.1 Å². The van der Waals surface area contributed by atoms with Crippen LogP contribution in [0.1, 0.15) is 31.2 Å². The third-order valence-corrected chi connectivity index (χ3v) is 8.63. The summed E-state index contributed by atoms with van der Waals surface area (Å²) in [4.78, 5) is 27.8. The molecule has 2 aliphatic rings. The molecule has 1 aliphatic heterocycles. The minimum Gasteiger partial charge on any atom is -0.484 e. The normalized spacial score (nSPS) is 17.1. The van der Waals surface area contributed by atoms with Gasteiger partial charge in [-0.05, 0) is 61.2 Å². The monoisotopic (exact) mass is 563 g/mol. The molecule has 0 radical (unpaired) electrons.